The van der Waals surface area contributed by atoms with E-state index in [1.165, 1.54) is 6.07 Å². The minimum absolute atomic E-state index is 0.165. The summed E-state index contributed by atoms with van der Waals surface area (Å²) in [6.45, 7) is 0. The van der Waals surface area contributed by atoms with Gasteiger partial charge in [-0.25, -0.2) is 4.39 Å². The summed E-state index contributed by atoms with van der Waals surface area (Å²) >= 11 is 0. The average molecular weight is 542 g/mol. The third kappa shape index (κ3) is 5.02. The van der Waals surface area contributed by atoms with Crippen LogP contribution >= 0.6 is 0 Å². The Bertz CT molecular complexity index is 1840. The van der Waals surface area contributed by atoms with Crippen molar-refractivity contribution in [3.8, 4) is 45.5 Å². The van der Waals surface area contributed by atoms with E-state index in [0.29, 0.717) is 16.8 Å². The van der Waals surface area contributed by atoms with Gasteiger partial charge in [-0.1, -0.05) is 115 Å². The third-order valence-electron chi connectivity index (χ3n) is 7.24. The van der Waals surface area contributed by atoms with E-state index >= 15 is 4.39 Å². The lowest BCUT2D eigenvalue weighted by molar-refractivity contribution is 0.620. The van der Waals surface area contributed by atoms with Crippen LogP contribution < -0.4 is 4.90 Å². The molecule has 0 aliphatic heterocycles. The smallest absolute Gasteiger partial charge is 0.159 e. The number of rotatable bonds is 6. The number of nitrogens with zero attached hydrogens (tertiary/aromatic N) is 3. The number of nitriles is 2. The Morgan fingerprint density at radius 3 is 1.29 bits per heavy atom. The molecule has 0 aliphatic carbocycles. The first-order chi connectivity index (χ1) is 20.7. The fourth-order valence-corrected chi connectivity index (χ4v) is 5.20. The number of halogens is 1. The molecule has 0 spiro atoms. The lowest BCUT2D eigenvalue weighted by Crippen LogP contribution is -2.13. The maximum Gasteiger partial charge on any atom is 0.159 e. The fourth-order valence-electron chi connectivity index (χ4n) is 5.20. The first kappa shape index (κ1) is 26.3. The van der Waals surface area contributed by atoms with Crippen LogP contribution in [0.2, 0.25) is 0 Å². The molecular formula is C38H24FN3. The van der Waals surface area contributed by atoms with Gasteiger partial charge in [0.05, 0.1) is 16.8 Å². The number of hydrogen-bond acceptors (Lipinski definition) is 3. The van der Waals surface area contributed by atoms with E-state index in [-0.39, 0.29) is 11.1 Å². The van der Waals surface area contributed by atoms with E-state index < -0.39 is 5.82 Å². The van der Waals surface area contributed by atoms with Crippen molar-refractivity contribution in [2.24, 2.45) is 0 Å². The van der Waals surface area contributed by atoms with Crippen LogP contribution in [0.3, 0.4) is 0 Å². The predicted octanol–water partition coefficient (Wildman–Crippen LogP) is 10.0. The molecular weight excluding hydrogens is 517 g/mol. The monoisotopic (exact) mass is 541 g/mol. The largest absolute Gasteiger partial charge is 0.310 e. The van der Waals surface area contributed by atoms with Crippen LogP contribution in [0.4, 0.5) is 21.5 Å². The molecule has 0 amide bonds. The summed E-state index contributed by atoms with van der Waals surface area (Å²) in [4.78, 5) is 1.98. The summed E-state index contributed by atoms with van der Waals surface area (Å²) < 4.78 is 15.5. The molecule has 0 saturated heterocycles. The van der Waals surface area contributed by atoms with E-state index in [4.69, 9.17) is 0 Å². The summed E-state index contributed by atoms with van der Waals surface area (Å²) in [6, 6.07) is 51.2. The van der Waals surface area contributed by atoms with Gasteiger partial charge in [-0.3, -0.25) is 0 Å². The Morgan fingerprint density at radius 2 is 0.881 bits per heavy atom. The van der Waals surface area contributed by atoms with Crippen LogP contribution in [0.25, 0.3) is 33.4 Å². The Hall–Kier alpha value is -5.97. The van der Waals surface area contributed by atoms with Crippen LogP contribution in [0, 0.1) is 28.5 Å². The molecule has 3 nitrogen and oxygen atoms in total. The molecule has 6 rings (SSSR count). The van der Waals surface area contributed by atoms with Gasteiger partial charge < -0.3 is 4.90 Å². The molecule has 0 fully saturated rings. The first-order valence-corrected chi connectivity index (χ1v) is 13.5. The van der Waals surface area contributed by atoms with Crippen molar-refractivity contribution in [3.05, 3.63) is 163 Å². The van der Waals surface area contributed by atoms with Crippen molar-refractivity contribution in [1.82, 2.24) is 0 Å². The SMILES string of the molecule is N#Cc1cc(N(c2ccc(-c3ccccc3)cc2)c2ccc(-c3ccccc3)cc2)c(-c2ccccc2)c(C#N)c1F. The number of benzene rings is 6. The molecule has 0 N–H and O–H groups in total. The predicted molar refractivity (Wildman–Crippen MR) is 167 cm³/mol. The molecule has 0 radical (unpaired) electrons. The van der Waals surface area contributed by atoms with Crippen molar-refractivity contribution < 1.29 is 4.39 Å². The lowest BCUT2D eigenvalue weighted by atomic mass is 9.93. The number of hydrogen-bond donors (Lipinski definition) is 0. The molecule has 42 heavy (non-hydrogen) atoms. The van der Waals surface area contributed by atoms with Gasteiger partial charge >= 0.3 is 0 Å². The van der Waals surface area contributed by atoms with E-state index in [2.05, 4.69) is 24.3 Å². The second kappa shape index (κ2) is 11.6. The Balaban J connectivity index is 1.59. The van der Waals surface area contributed by atoms with Crippen molar-refractivity contribution in [1.29, 1.82) is 10.5 Å². The van der Waals surface area contributed by atoms with E-state index in [0.717, 1.165) is 33.6 Å². The molecule has 0 atom stereocenters. The topological polar surface area (TPSA) is 50.8 Å². The zero-order valence-electron chi connectivity index (χ0n) is 22.6. The summed E-state index contributed by atoms with van der Waals surface area (Å²) in [5, 5.41) is 20.0. The summed E-state index contributed by atoms with van der Waals surface area (Å²) in [7, 11) is 0. The van der Waals surface area contributed by atoms with Gasteiger partial charge in [0.2, 0.25) is 0 Å². The van der Waals surface area contributed by atoms with Crippen molar-refractivity contribution in [2.45, 2.75) is 0 Å². The van der Waals surface area contributed by atoms with Gasteiger partial charge in [0, 0.05) is 16.9 Å². The molecule has 0 saturated carbocycles. The Morgan fingerprint density at radius 1 is 0.476 bits per heavy atom. The van der Waals surface area contributed by atoms with E-state index in [1.54, 1.807) is 0 Å². The third-order valence-corrected chi connectivity index (χ3v) is 7.24. The zero-order chi connectivity index (χ0) is 28.9. The lowest BCUT2D eigenvalue weighted by Gasteiger charge is -2.29. The molecule has 0 aliphatic rings. The van der Waals surface area contributed by atoms with Gasteiger partial charge in [0.1, 0.15) is 12.1 Å². The maximum atomic E-state index is 15.5. The van der Waals surface area contributed by atoms with Crippen molar-refractivity contribution >= 4 is 17.1 Å². The molecule has 0 aromatic heterocycles. The van der Waals surface area contributed by atoms with E-state index in [1.807, 2.05) is 132 Å². The van der Waals surface area contributed by atoms with Crippen molar-refractivity contribution in [2.75, 3.05) is 4.90 Å². The van der Waals surface area contributed by atoms with Crippen LogP contribution in [0.1, 0.15) is 11.1 Å². The Labute approximate surface area is 244 Å². The summed E-state index contributed by atoms with van der Waals surface area (Å²) in [5.74, 6) is -0.818. The van der Waals surface area contributed by atoms with E-state index in [9.17, 15) is 10.5 Å². The highest BCUT2D eigenvalue weighted by Gasteiger charge is 2.25. The molecule has 6 aromatic rings. The summed E-state index contributed by atoms with van der Waals surface area (Å²) in [5.41, 5.74) is 7.19. The highest BCUT2D eigenvalue weighted by molar-refractivity contribution is 5.92. The Kier molecular flexibility index (Phi) is 7.28. The average Bonchev–Trinajstić information content (AvgIpc) is 3.07. The molecule has 198 valence electrons. The van der Waals surface area contributed by atoms with Crippen LogP contribution in [-0.2, 0) is 0 Å². The molecule has 4 heteroatoms. The molecule has 0 bridgehead atoms. The standard InChI is InChI=1S/C38H24FN3/c39-38-32(25-40)24-36(37(35(38)26-41)31-14-8-3-9-15-31)42(33-20-16-29(17-21-33)27-10-4-1-5-11-27)34-22-18-30(19-23-34)28-12-6-2-7-13-28/h1-24H. The summed E-state index contributed by atoms with van der Waals surface area (Å²) in [6.07, 6.45) is 0. The van der Waals surface area contributed by atoms with Crippen LogP contribution in [-0.4, -0.2) is 0 Å². The maximum absolute atomic E-state index is 15.5. The first-order valence-electron chi connectivity index (χ1n) is 13.5. The minimum Gasteiger partial charge on any atom is -0.310 e. The molecule has 0 heterocycles. The van der Waals surface area contributed by atoms with Gasteiger partial charge in [0.25, 0.3) is 0 Å². The highest BCUT2D eigenvalue weighted by Crippen LogP contribution is 2.44. The van der Waals surface area contributed by atoms with Gasteiger partial charge in [-0.05, 0) is 58.1 Å². The van der Waals surface area contributed by atoms with Crippen LogP contribution in [0.15, 0.2) is 146 Å². The van der Waals surface area contributed by atoms with Crippen LogP contribution in [0.5, 0.6) is 0 Å². The highest BCUT2D eigenvalue weighted by atomic mass is 19.1. The minimum atomic E-state index is -0.818. The molecule has 0 unspecified atom stereocenters. The van der Waals surface area contributed by atoms with Gasteiger partial charge in [-0.15, -0.1) is 0 Å². The normalized spacial score (nSPS) is 10.5. The molecule has 6 aromatic carbocycles. The number of anilines is 3. The quantitative estimate of drug-likeness (QED) is 0.211. The van der Waals surface area contributed by atoms with Gasteiger partial charge in [0.15, 0.2) is 5.82 Å². The second-order valence-electron chi connectivity index (χ2n) is 9.76. The second-order valence-corrected chi connectivity index (χ2v) is 9.76. The zero-order valence-corrected chi connectivity index (χ0v) is 22.6. The van der Waals surface area contributed by atoms with Gasteiger partial charge in [-0.2, -0.15) is 10.5 Å². The fraction of sp³-hybridized carbons (Fsp3) is 0. The van der Waals surface area contributed by atoms with Crippen molar-refractivity contribution in [3.63, 3.8) is 0 Å².